The van der Waals surface area contributed by atoms with Crippen molar-refractivity contribution in [3.8, 4) is 17.2 Å². The van der Waals surface area contributed by atoms with Gasteiger partial charge < -0.3 is 24.3 Å². The van der Waals surface area contributed by atoms with Gasteiger partial charge in [-0.05, 0) is 50.7 Å². The van der Waals surface area contributed by atoms with Crippen LogP contribution in [0.3, 0.4) is 0 Å². The van der Waals surface area contributed by atoms with E-state index in [-0.39, 0.29) is 11.9 Å². The predicted octanol–water partition coefficient (Wildman–Crippen LogP) is 2.67. The lowest BCUT2D eigenvalue weighted by molar-refractivity contribution is -0.127. The fourth-order valence-electron chi connectivity index (χ4n) is 2.63. The molecule has 2 aromatic rings. The van der Waals surface area contributed by atoms with Crippen LogP contribution in [0.5, 0.6) is 17.2 Å². The number of fused-ring (bicyclic) bond motifs is 1. The van der Waals surface area contributed by atoms with E-state index >= 15 is 0 Å². The van der Waals surface area contributed by atoms with Crippen LogP contribution in [-0.2, 0) is 9.53 Å². The molecule has 0 saturated carbocycles. The molecule has 0 fully saturated rings. The Morgan fingerprint density at radius 1 is 1.20 bits per heavy atom. The smallest absolute Gasteiger partial charge is 0.341 e. The van der Waals surface area contributed by atoms with Gasteiger partial charge in [-0.2, -0.15) is 0 Å². The van der Waals surface area contributed by atoms with E-state index < -0.39 is 18.0 Å². The lowest BCUT2D eigenvalue weighted by Gasteiger charge is -2.16. The first-order chi connectivity index (χ1) is 14.3. The van der Waals surface area contributed by atoms with Crippen molar-refractivity contribution in [2.45, 2.75) is 26.9 Å². The highest BCUT2D eigenvalue weighted by atomic mass is 32.1. The van der Waals surface area contributed by atoms with E-state index in [4.69, 9.17) is 31.2 Å². The number of nitrogens with one attached hydrogen (secondary N) is 3. The number of methoxy groups -OCH3 is 1. The minimum Gasteiger partial charge on any atom is -0.481 e. The summed E-state index contributed by atoms with van der Waals surface area (Å²) in [5.74, 6) is 0.754. The third-order valence-corrected chi connectivity index (χ3v) is 5.65. The van der Waals surface area contributed by atoms with Gasteiger partial charge in [-0.3, -0.25) is 15.6 Å². The summed E-state index contributed by atoms with van der Waals surface area (Å²) in [6.07, 6.45) is -0.808. The lowest BCUT2D eigenvalue weighted by Crippen LogP contribution is -2.48. The van der Waals surface area contributed by atoms with Gasteiger partial charge in [-0.1, -0.05) is 0 Å². The molecule has 0 saturated heterocycles. The number of hydrogen-bond acceptors (Lipinski definition) is 8. The summed E-state index contributed by atoms with van der Waals surface area (Å²) in [5.41, 5.74) is 6.30. The van der Waals surface area contributed by atoms with E-state index in [1.807, 2.05) is 13.8 Å². The molecule has 0 spiro atoms. The molecule has 1 aromatic heterocycles. The first-order valence-electron chi connectivity index (χ1n) is 8.91. The van der Waals surface area contributed by atoms with E-state index in [0.29, 0.717) is 27.8 Å². The van der Waals surface area contributed by atoms with Gasteiger partial charge in [-0.15, -0.1) is 11.3 Å². The number of ether oxygens (including phenoxy) is 4. The summed E-state index contributed by atoms with van der Waals surface area (Å²) < 4.78 is 21.0. The molecule has 2 heterocycles. The van der Waals surface area contributed by atoms with Crippen LogP contribution in [0.1, 0.15) is 27.7 Å². The summed E-state index contributed by atoms with van der Waals surface area (Å²) in [4.78, 5) is 25.3. The Balaban J connectivity index is 1.54. The Bertz CT molecular complexity index is 991. The zero-order chi connectivity index (χ0) is 21.8. The molecule has 0 unspecified atom stereocenters. The predicted molar refractivity (Wildman–Crippen MR) is 115 cm³/mol. The van der Waals surface area contributed by atoms with Crippen LogP contribution in [0.25, 0.3) is 0 Å². The molecule has 0 aliphatic carbocycles. The first-order valence-corrected chi connectivity index (χ1v) is 10.1. The van der Waals surface area contributed by atoms with Crippen molar-refractivity contribution >= 4 is 45.5 Å². The topological polar surface area (TPSA) is 107 Å². The number of amides is 1. The average molecular weight is 452 g/mol. The number of thiophene rings is 1. The maximum absolute atomic E-state index is 12.3. The maximum atomic E-state index is 12.3. The second kappa shape index (κ2) is 9.18. The molecule has 11 heteroatoms. The molecular formula is C19H21N3O6S2. The highest BCUT2D eigenvalue weighted by Crippen LogP contribution is 2.35. The van der Waals surface area contributed by atoms with Crippen molar-refractivity contribution < 1.29 is 28.5 Å². The van der Waals surface area contributed by atoms with Crippen LogP contribution in [0.15, 0.2) is 18.2 Å². The minimum absolute atomic E-state index is 0.116. The van der Waals surface area contributed by atoms with E-state index in [1.165, 1.54) is 18.4 Å². The van der Waals surface area contributed by atoms with Crippen molar-refractivity contribution in [3.63, 3.8) is 0 Å². The van der Waals surface area contributed by atoms with E-state index in [2.05, 4.69) is 16.2 Å². The number of esters is 1. The van der Waals surface area contributed by atoms with Crippen molar-refractivity contribution in [3.05, 3.63) is 34.2 Å². The third-order valence-electron chi connectivity index (χ3n) is 4.33. The van der Waals surface area contributed by atoms with E-state index in [1.54, 1.807) is 25.1 Å². The number of carbonyl (C=O) groups excluding carboxylic acids is 2. The molecule has 3 N–H and O–H groups in total. The number of hydrazine groups is 1. The highest BCUT2D eigenvalue weighted by molar-refractivity contribution is 7.80. The molecule has 0 bridgehead atoms. The Morgan fingerprint density at radius 3 is 2.67 bits per heavy atom. The van der Waals surface area contributed by atoms with Gasteiger partial charge in [0.1, 0.15) is 10.8 Å². The van der Waals surface area contributed by atoms with Crippen molar-refractivity contribution in [2.24, 2.45) is 0 Å². The monoisotopic (exact) mass is 451 g/mol. The Kier molecular flexibility index (Phi) is 6.63. The molecule has 1 aliphatic heterocycles. The van der Waals surface area contributed by atoms with Crippen LogP contribution < -0.4 is 30.4 Å². The minimum atomic E-state index is -0.808. The standard InChI is InChI=1S/C19H21N3O6S2/c1-9-11(3)30-17(15(9)18(24)25-4)20-19(29)22-21-16(23)10(2)28-12-5-6-13-14(7-12)27-8-26-13/h5-7,10H,8H2,1-4H3,(H,21,23)(H2,20,22,29)/t10-/m0/s1. The molecule has 3 rings (SSSR count). The van der Waals surface area contributed by atoms with Crippen LogP contribution in [0.4, 0.5) is 5.00 Å². The van der Waals surface area contributed by atoms with Gasteiger partial charge >= 0.3 is 5.97 Å². The number of carbonyl (C=O) groups is 2. The van der Waals surface area contributed by atoms with Gasteiger partial charge in [0.2, 0.25) is 6.79 Å². The normalized spacial score (nSPS) is 12.7. The van der Waals surface area contributed by atoms with Crippen molar-refractivity contribution in [1.29, 1.82) is 0 Å². The summed E-state index contributed by atoms with van der Waals surface area (Å²) in [6.45, 7) is 5.48. The molecule has 1 amide bonds. The highest BCUT2D eigenvalue weighted by Gasteiger charge is 2.22. The Labute approximate surface area is 182 Å². The third kappa shape index (κ3) is 4.74. The molecule has 30 heavy (non-hydrogen) atoms. The van der Waals surface area contributed by atoms with Crippen LogP contribution in [0, 0.1) is 13.8 Å². The molecular weight excluding hydrogens is 430 g/mol. The molecule has 1 atom stereocenters. The number of benzene rings is 1. The van der Waals surface area contributed by atoms with E-state index in [9.17, 15) is 9.59 Å². The van der Waals surface area contributed by atoms with Crippen LogP contribution in [-0.4, -0.2) is 37.0 Å². The maximum Gasteiger partial charge on any atom is 0.341 e. The first kappa shape index (κ1) is 21.7. The Morgan fingerprint density at radius 2 is 1.93 bits per heavy atom. The summed E-state index contributed by atoms with van der Waals surface area (Å²) in [5, 5.41) is 3.56. The van der Waals surface area contributed by atoms with Crippen molar-refractivity contribution in [1.82, 2.24) is 10.9 Å². The van der Waals surface area contributed by atoms with Crippen molar-refractivity contribution in [2.75, 3.05) is 19.2 Å². The Hall–Kier alpha value is -3.05. The number of rotatable bonds is 5. The second-order valence-electron chi connectivity index (χ2n) is 6.32. The van der Waals surface area contributed by atoms with Gasteiger partial charge in [0.05, 0.1) is 12.7 Å². The summed E-state index contributed by atoms with van der Waals surface area (Å²) >= 11 is 6.57. The fraction of sp³-hybridized carbons (Fsp3) is 0.316. The molecule has 0 radical (unpaired) electrons. The zero-order valence-electron chi connectivity index (χ0n) is 16.8. The van der Waals surface area contributed by atoms with Gasteiger partial charge in [0.15, 0.2) is 22.7 Å². The molecule has 1 aromatic carbocycles. The van der Waals surface area contributed by atoms with E-state index in [0.717, 1.165) is 10.4 Å². The number of aryl methyl sites for hydroxylation is 1. The van der Waals surface area contributed by atoms with Gasteiger partial charge in [-0.25, -0.2) is 4.79 Å². The van der Waals surface area contributed by atoms with Crippen LogP contribution >= 0.6 is 23.6 Å². The second-order valence-corrected chi connectivity index (χ2v) is 7.96. The zero-order valence-corrected chi connectivity index (χ0v) is 18.4. The fourth-order valence-corrected chi connectivity index (χ4v) is 3.90. The van der Waals surface area contributed by atoms with Gasteiger partial charge in [0, 0.05) is 10.9 Å². The molecule has 9 nitrogen and oxygen atoms in total. The lowest BCUT2D eigenvalue weighted by atomic mass is 10.1. The summed E-state index contributed by atoms with van der Waals surface area (Å²) in [7, 11) is 1.32. The average Bonchev–Trinajstić information content (AvgIpc) is 3.29. The van der Waals surface area contributed by atoms with Crippen LogP contribution in [0.2, 0.25) is 0 Å². The number of hydrogen-bond donors (Lipinski definition) is 3. The molecule has 160 valence electrons. The number of anilines is 1. The summed E-state index contributed by atoms with van der Waals surface area (Å²) in [6, 6.07) is 5.05. The number of thiocarbonyl (C=S) groups is 1. The molecule has 1 aliphatic rings. The van der Waals surface area contributed by atoms with Gasteiger partial charge in [0.25, 0.3) is 5.91 Å². The SMILES string of the molecule is COC(=O)c1c(NC(=S)NNC(=O)[C@H](C)Oc2ccc3c(c2)OCO3)sc(C)c1C. The largest absolute Gasteiger partial charge is 0.481 e. The quantitative estimate of drug-likeness (QED) is 0.359.